The Kier molecular flexibility index (Phi) is 3.66. The Morgan fingerprint density at radius 1 is 1.33 bits per heavy atom. The number of hydrogen-bond donors (Lipinski definition) is 1. The summed E-state index contributed by atoms with van der Waals surface area (Å²) in [6.45, 7) is 6.67. The van der Waals surface area contributed by atoms with Crippen LogP contribution < -0.4 is 4.90 Å². The topological polar surface area (TPSA) is 40.5 Å². The minimum absolute atomic E-state index is 0.316. The van der Waals surface area contributed by atoms with Gasteiger partial charge in [-0.1, -0.05) is 13.8 Å². The Morgan fingerprint density at radius 2 is 1.94 bits per heavy atom. The molecule has 1 heterocycles. The second-order valence-corrected chi connectivity index (χ2v) is 6.47. The van der Waals surface area contributed by atoms with E-state index in [4.69, 9.17) is 5.11 Å². The van der Waals surface area contributed by atoms with Gasteiger partial charge in [0.15, 0.2) is 0 Å². The van der Waals surface area contributed by atoms with Crippen molar-refractivity contribution in [1.29, 1.82) is 0 Å². The molecule has 4 heteroatoms. The van der Waals surface area contributed by atoms with Gasteiger partial charge in [0.1, 0.15) is 0 Å². The van der Waals surface area contributed by atoms with E-state index >= 15 is 0 Å². The fraction of sp³-hybridized carbons (Fsp3) is 0.500. The van der Waals surface area contributed by atoms with Crippen LogP contribution >= 0.6 is 15.9 Å². The lowest BCUT2D eigenvalue weighted by atomic mass is 9.82. The van der Waals surface area contributed by atoms with Gasteiger partial charge in [0.25, 0.3) is 0 Å². The SMILES string of the molecule is CC1(C)CCN(c2ccc(C(=O)O)c(Br)c2)CC1. The van der Waals surface area contributed by atoms with E-state index in [-0.39, 0.29) is 0 Å². The standard InChI is InChI=1S/C14H18BrNO2/c1-14(2)5-7-16(8-6-14)10-3-4-11(13(17)18)12(15)9-10/h3-4,9H,5-8H2,1-2H3,(H,17,18). The van der Waals surface area contributed by atoms with Crippen LogP contribution in [-0.4, -0.2) is 24.2 Å². The molecule has 1 aromatic carbocycles. The number of carboxylic acid groups (broad SMARTS) is 1. The molecule has 0 saturated carbocycles. The molecule has 0 unspecified atom stereocenters. The summed E-state index contributed by atoms with van der Waals surface area (Å²) in [5, 5.41) is 8.99. The number of anilines is 1. The monoisotopic (exact) mass is 311 g/mol. The maximum Gasteiger partial charge on any atom is 0.336 e. The Bertz CT molecular complexity index is 461. The summed E-state index contributed by atoms with van der Waals surface area (Å²) in [4.78, 5) is 13.3. The zero-order chi connectivity index (χ0) is 13.3. The molecule has 98 valence electrons. The van der Waals surface area contributed by atoms with Crippen LogP contribution in [-0.2, 0) is 0 Å². The van der Waals surface area contributed by atoms with Gasteiger partial charge in [-0.3, -0.25) is 0 Å². The molecule has 1 aromatic rings. The number of carboxylic acids is 1. The van der Waals surface area contributed by atoms with E-state index < -0.39 is 5.97 Å². The van der Waals surface area contributed by atoms with E-state index in [9.17, 15) is 4.79 Å². The lowest BCUT2D eigenvalue weighted by Gasteiger charge is -2.38. The van der Waals surface area contributed by atoms with Crippen molar-refractivity contribution >= 4 is 27.6 Å². The largest absolute Gasteiger partial charge is 0.478 e. The molecule has 1 aliphatic rings. The molecule has 0 atom stereocenters. The van der Waals surface area contributed by atoms with Crippen LogP contribution in [0.1, 0.15) is 37.0 Å². The lowest BCUT2D eigenvalue weighted by molar-refractivity contribution is 0.0696. The Labute approximate surface area is 116 Å². The second-order valence-electron chi connectivity index (χ2n) is 5.62. The number of nitrogens with zero attached hydrogens (tertiary/aromatic N) is 1. The summed E-state index contributed by atoms with van der Waals surface area (Å²) in [5.74, 6) is -0.895. The molecule has 2 rings (SSSR count). The third-order valence-electron chi connectivity index (χ3n) is 3.67. The van der Waals surface area contributed by atoms with Gasteiger partial charge in [-0.15, -0.1) is 0 Å². The van der Waals surface area contributed by atoms with E-state index in [2.05, 4.69) is 34.7 Å². The molecular formula is C14H18BrNO2. The molecule has 0 aromatic heterocycles. The van der Waals surface area contributed by atoms with E-state index in [1.807, 2.05) is 12.1 Å². The molecule has 1 aliphatic heterocycles. The third-order valence-corrected chi connectivity index (χ3v) is 4.32. The van der Waals surface area contributed by atoms with Gasteiger partial charge in [-0.2, -0.15) is 0 Å². The minimum atomic E-state index is -0.895. The molecule has 0 spiro atoms. The number of piperidine rings is 1. The van der Waals surface area contributed by atoms with Crippen LogP contribution in [0.2, 0.25) is 0 Å². The average molecular weight is 312 g/mol. The summed E-state index contributed by atoms with van der Waals surface area (Å²) >= 11 is 3.33. The highest BCUT2D eigenvalue weighted by atomic mass is 79.9. The first-order valence-electron chi connectivity index (χ1n) is 6.17. The summed E-state index contributed by atoms with van der Waals surface area (Å²) in [6, 6.07) is 5.47. The number of hydrogen-bond acceptors (Lipinski definition) is 2. The zero-order valence-corrected chi connectivity index (χ0v) is 12.3. The smallest absolute Gasteiger partial charge is 0.336 e. The Hall–Kier alpha value is -1.03. The van der Waals surface area contributed by atoms with Crippen LogP contribution in [0.3, 0.4) is 0 Å². The van der Waals surface area contributed by atoms with Crippen molar-refractivity contribution in [2.45, 2.75) is 26.7 Å². The van der Waals surface area contributed by atoms with E-state index in [0.717, 1.165) is 18.8 Å². The van der Waals surface area contributed by atoms with Crippen molar-refractivity contribution in [1.82, 2.24) is 0 Å². The molecule has 0 amide bonds. The van der Waals surface area contributed by atoms with Gasteiger partial charge in [-0.05, 0) is 52.4 Å². The van der Waals surface area contributed by atoms with Crippen LogP contribution in [0, 0.1) is 5.41 Å². The van der Waals surface area contributed by atoms with Crippen LogP contribution in [0.25, 0.3) is 0 Å². The van der Waals surface area contributed by atoms with Gasteiger partial charge in [-0.25, -0.2) is 4.79 Å². The number of carbonyl (C=O) groups is 1. The summed E-state index contributed by atoms with van der Waals surface area (Å²) in [7, 11) is 0. The van der Waals surface area contributed by atoms with Gasteiger partial charge in [0.2, 0.25) is 0 Å². The fourth-order valence-corrected chi connectivity index (χ4v) is 2.78. The van der Waals surface area contributed by atoms with Gasteiger partial charge in [0, 0.05) is 23.2 Å². The zero-order valence-electron chi connectivity index (χ0n) is 10.7. The normalized spacial score (nSPS) is 18.7. The third kappa shape index (κ3) is 2.86. The second kappa shape index (κ2) is 4.92. The molecule has 1 fully saturated rings. The molecule has 1 saturated heterocycles. The molecule has 0 aliphatic carbocycles. The Morgan fingerprint density at radius 3 is 2.44 bits per heavy atom. The summed E-state index contributed by atoms with van der Waals surface area (Å²) < 4.78 is 0.650. The molecule has 1 N–H and O–H groups in total. The first kappa shape index (κ1) is 13.4. The number of halogens is 1. The summed E-state index contributed by atoms with van der Waals surface area (Å²) in [6.07, 6.45) is 2.34. The molecular weight excluding hydrogens is 294 g/mol. The van der Waals surface area contributed by atoms with Crippen molar-refractivity contribution in [3.8, 4) is 0 Å². The molecule has 18 heavy (non-hydrogen) atoms. The summed E-state index contributed by atoms with van der Waals surface area (Å²) in [5.41, 5.74) is 1.84. The molecule has 0 bridgehead atoms. The maximum absolute atomic E-state index is 11.0. The number of aromatic carboxylic acids is 1. The average Bonchev–Trinajstić information content (AvgIpc) is 2.28. The van der Waals surface area contributed by atoms with Gasteiger partial charge in [0.05, 0.1) is 5.56 Å². The predicted molar refractivity (Wildman–Crippen MR) is 76.3 cm³/mol. The van der Waals surface area contributed by atoms with Crippen molar-refractivity contribution in [3.05, 3.63) is 28.2 Å². The van der Waals surface area contributed by atoms with Gasteiger partial charge < -0.3 is 10.0 Å². The first-order valence-corrected chi connectivity index (χ1v) is 6.96. The van der Waals surface area contributed by atoms with Crippen LogP contribution in [0.5, 0.6) is 0 Å². The molecule has 3 nitrogen and oxygen atoms in total. The van der Waals surface area contributed by atoms with Crippen LogP contribution in [0.4, 0.5) is 5.69 Å². The van der Waals surface area contributed by atoms with Crippen molar-refractivity contribution in [2.24, 2.45) is 5.41 Å². The fourth-order valence-electron chi connectivity index (χ4n) is 2.24. The number of benzene rings is 1. The number of rotatable bonds is 2. The first-order chi connectivity index (χ1) is 8.39. The predicted octanol–water partition coefficient (Wildman–Crippen LogP) is 3.77. The van der Waals surface area contributed by atoms with Crippen molar-refractivity contribution < 1.29 is 9.90 Å². The van der Waals surface area contributed by atoms with E-state index in [0.29, 0.717) is 15.5 Å². The minimum Gasteiger partial charge on any atom is -0.478 e. The van der Waals surface area contributed by atoms with E-state index in [1.54, 1.807) is 6.07 Å². The van der Waals surface area contributed by atoms with Crippen molar-refractivity contribution in [3.63, 3.8) is 0 Å². The van der Waals surface area contributed by atoms with Gasteiger partial charge >= 0.3 is 5.97 Å². The quantitative estimate of drug-likeness (QED) is 0.903. The highest BCUT2D eigenvalue weighted by Crippen LogP contribution is 2.33. The Balaban J connectivity index is 2.16. The lowest BCUT2D eigenvalue weighted by Crippen LogP contribution is -2.37. The maximum atomic E-state index is 11.0. The highest BCUT2D eigenvalue weighted by molar-refractivity contribution is 9.10. The van der Waals surface area contributed by atoms with Crippen LogP contribution in [0.15, 0.2) is 22.7 Å². The van der Waals surface area contributed by atoms with Crippen molar-refractivity contribution in [2.75, 3.05) is 18.0 Å². The van der Waals surface area contributed by atoms with E-state index in [1.165, 1.54) is 12.8 Å². The molecule has 0 radical (unpaired) electrons. The highest BCUT2D eigenvalue weighted by Gasteiger charge is 2.25.